The Bertz CT molecular complexity index is 658. The number of thiophene rings is 1. The first-order chi connectivity index (χ1) is 10.0. The van der Waals surface area contributed by atoms with E-state index in [1.807, 2.05) is 25.1 Å². The molecule has 1 atom stereocenters. The van der Waals surface area contributed by atoms with Crippen molar-refractivity contribution in [1.82, 2.24) is 14.5 Å². The van der Waals surface area contributed by atoms with Gasteiger partial charge in [0, 0.05) is 29.5 Å². The van der Waals surface area contributed by atoms with Crippen molar-refractivity contribution in [2.24, 2.45) is 7.05 Å². The van der Waals surface area contributed by atoms with Gasteiger partial charge in [-0.25, -0.2) is 4.98 Å². The molecule has 2 aromatic rings. The van der Waals surface area contributed by atoms with Gasteiger partial charge in [-0.15, -0.1) is 11.3 Å². The number of aromatic nitrogens is 2. The summed E-state index contributed by atoms with van der Waals surface area (Å²) in [6, 6.07) is 4.28. The van der Waals surface area contributed by atoms with E-state index in [0.29, 0.717) is 6.42 Å². The van der Waals surface area contributed by atoms with Gasteiger partial charge in [0.1, 0.15) is 5.82 Å². The molecule has 2 aromatic heterocycles. The molecule has 0 unspecified atom stereocenters. The standard InChI is InChI=1S/C16H21N3OS/c1-11-10-18(3)16(17-11)14-5-4-8-19(14)15(20)9-13-7-6-12(2)21-13/h6-7,10,14H,4-5,8-9H2,1-3H3/t14-/m1/s1. The average Bonchev–Trinajstić information content (AvgIpc) is 3.10. The van der Waals surface area contributed by atoms with Crippen molar-refractivity contribution in [1.29, 1.82) is 0 Å². The van der Waals surface area contributed by atoms with E-state index in [4.69, 9.17) is 0 Å². The Kier molecular flexibility index (Phi) is 3.85. The lowest BCUT2D eigenvalue weighted by Gasteiger charge is -2.24. The van der Waals surface area contributed by atoms with Crippen LogP contribution < -0.4 is 0 Å². The van der Waals surface area contributed by atoms with Crippen LogP contribution in [0.4, 0.5) is 0 Å². The van der Waals surface area contributed by atoms with Crippen LogP contribution in [0.15, 0.2) is 18.3 Å². The fourth-order valence-electron chi connectivity index (χ4n) is 3.11. The van der Waals surface area contributed by atoms with Crippen LogP contribution in [0.25, 0.3) is 0 Å². The number of carbonyl (C=O) groups excluding carboxylic acids is 1. The molecule has 5 heteroatoms. The molecule has 0 aromatic carbocycles. The molecule has 0 bridgehead atoms. The second-order valence-corrected chi connectivity index (χ2v) is 7.16. The summed E-state index contributed by atoms with van der Waals surface area (Å²) in [4.78, 5) is 21.7. The Labute approximate surface area is 129 Å². The van der Waals surface area contributed by atoms with E-state index in [-0.39, 0.29) is 11.9 Å². The molecule has 112 valence electrons. The summed E-state index contributed by atoms with van der Waals surface area (Å²) >= 11 is 1.71. The molecule has 3 heterocycles. The molecule has 1 saturated heterocycles. The Morgan fingerprint density at radius 2 is 2.24 bits per heavy atom. The van der Waals surface area contributed by atoms with Gasteiger partial charge in [0.15, 0.2) is 0 Å². The fourth-order valence-corrected chi connectivity index (χ4v) is 3.99. The zero-order chi connectivity index (χ0) is 15.0. The highest BCUT2D eigenvalue weighted by Gasteiger charge is 2.32. The Balaban J connectivity index is 1.77. The van der Waals surface area contributed by atoms with E-state index in [0.717, 1.165) is 35.8 Å². The second-order valence-electron chi connectivity index (χ2n) is 5.79. The maximum atomic E-state index is 12.6. The smallest absolute Gasteiger partial charge is 0.228 e. The molecule has 1 amide bonds. The number of rotatable bonds is 3. The fraction of sp³-hybridized carbons (Fsp3) is 0.500. The summed E-state index contributed by atoms with van der Waals surface area (Å²) in [5.41, 5.74) is 1.01. The average molecular weight is 303 g/mol. The van der Waals surface area contributed by atoms with E-state index in [2.05, 4.69) is 28.6 Å². The third kappa shape index (κ3) is 2.88. The molecule has 1 fully saturated rings. The number of imidazole rings is 1. The van der Waals surface area contributed by atoms with Crippen molar-refractivity contribution in [3.05, 3.63) is 39.6 Å². The molecule has 1 aliphatic heterocycles. The number of hydrogen-bond acceptors (Lipinski definition) is 3. The number of amides is 1. The van der Waals surface area contributed by atoms with Crippen LogP contribution in [-0.4, -0.2) is 26.9 Å². The lowest BCUT2D eigenvalue weighted by molar-refractivity contribution is -0.131. The lowest BCUT2D eigenvalue weighted by atomic mass is 10.2. The topological polar surface area (TPSA) is 38.1 Å². The predicted octanol–water partition coefficient (Wildman–Crippen LogP) is 3.00. The minimum absolute atomic E-state index is 0.136. The van der Waals surface area contributed by atoms with Crippen LogP contribution in [0.3, 0.4) is 0 Å². The van der Waals surface area contributed by atoms with Crippen LogP contribution in [-0.2, 0) is 18.3 Å². The van der Waals surface area contributed by atoms with E-state index < -0.39 is 0 Å². The van der Waals surface area contributed by atoms with Gasteiger partial charge < -0.3 is 9.47 Å². The molecule has 0 radical (unpaired) electrons. The first-order valence-corrected chi connectivity index (χ1v) is 8.21. The van der Waals surface area contributed by atoms with Crippen molar-refractivity contribution in [2.45, 2.75) is 39.2 Å². The van der Waals surface area contributed by atoms with E-state index in [9.17, 15) is 4.79 Å². The highest BCUT2D eigenvalue weighted by Crippen LogP contribution is 2.32. The number of likely N-dealkylation sites (tertiary alicyclic amines) is 1. The monoisotopic (exact) mass is 303 g/mol. The van der Waals surface area contributed by atoms with Gasteiger partial charge >= 0.3 is 0 Å². The van der Waals surface area contributed by atoms with Crippen LogP contribution in [0.1, 0.15) is 40.2 Å². The van der Waals surface area contributed by atoms with Crippen molar-refractivity contribution >= 4 is 17.2 Å². The summed E-state index contributed by atoms with van der Waals surface area (Å²) < 4.78 is 2.06. The molecule has 0 aliphatic carbocycles. The van der Waals surface area contributed by atoms with Gasteiger partial charge in [0.2, 0.25) is 5.91 Å². The van der Waals surface area contributed by atoms with Gasteiger partial charge in [-0.1, -0.05) is 0 Å². The lowest BCUT2D eigenvalue weighted by Crippen LogP contribution is -2.32. The zero-order valence-electron chi connectivity index (χ0n) is 12.8. The first-order valence-electron chi connectivity index (χ1n) is 7.39. The van der Waals surface area contributed by atoms with Crippen molar-refractivity contribution in [3.63, 3.8) is 0 Å². The number of aryl methyl sites for hydroxylation is 3. The van der Waals surface area contributed by atoms with Crippen molar-refractivity contribution in [3.8, 4) is 0 Å². The molecule has 21 heavy (non-hydrogen) atoms. The minimum Gasteiger partial charge on any atom is -0.336 e. The minimum atomic E-state index is 0.136. The van der Waals surface area contributed by atoms with Crippen molar-refractivity contribution in [2.75, 3.05) is 6.54 Å². The molecular weight excluding hydrogens is 282 g/mol. The maximum absolute atomic E-state index is 12.6. The summed E-state index contributed by atoms with van der Waals surface area (Å²) in [5, 5.41) is 0. The summed E-state index contributed by atoms with van der Waals surface area (Å²) in [6.45, 7) is 4.92. The van der Waals surface area contributed by atoms with Crippen LogP contribution in [0, 0.1) is 13.8 Å². The second kappa shape index (κ2) is 5.64. The number of hydrogen-bond donors (Lipinski definition) is 0. The van der Waals surface area contributed by atoms with Crippen LogP contribution >= 0.6 is 11.3 Å². The third-order valence-electron chi connectivity index (χ3n) is 4.03. The van der Waals surface area contributed by atoms with Gasteiger partial charge in [-0.3, -0.25) is 4.79 Å². The third-order valence-corrected chi connectivity index (χ3v) is 5.03. The zero-order valence-corrected chi connectivity index (χ0v) is 13.6. The summed E-state index contributed by atoms with van der Waals surface area (Å²) in [6.07, 6.45) is 4.61. The van der Waals surface area contributed by atoms with Crippen LogP contribution in [0.2, 0.25) is 0 Å². The first kappa shape index (κ1) is 14.3. The Morgan fingerprint density at radius 1 is 1.43 bits per heavy atom. The predicted molar refractivity (Wildman–Crippen MR) is 84.4 cm³/mol. The quantitative estimate of drug-likeness (QED) is 0.874. The van der Waals surface area contributed by atoms with E-state index >= 15 is 0 Å². The molecule has 0 spiro atoms. The molecule has 3 rings (SSSR count). The molecule has 4 nitrogen and oxygen atoms in total. The van der Waals surface area contributed by atoms with E-state index in [1.54, 1.807) is 11.3 Å². The SMILES string of the molecule is Cc1cn(C)c([C@H]2CCCN2C(=O)Cc2ccc(C)s2)n1. The summed E-state index contributed by atoms with van der Waals surface area (Å²) in [5.74, 6) is 1.24. The maximum Gasteiger partial charge on any atom is 0.228 e. The van der Waals surface area contributed by atoms with Crippen LogP contribution in [0.5, 0.6) is 0 Å². The van der Waals surface area contributed by atoms with E-state index in [1.165, 1.54) is 4.88 Å². The number of carbonyl (C=O) groups is 1. The number of nitrogens with zero attached hydrogens (tertiary/aromatic N) is 3. The molecule has 1 aliphatic rings. The largest absolute Gasteiger partial charge is 0.336 e. The van der Waals surface area contributed by atoms with Gasteiger partial charge in [0.25, 0.3) is 0 Å². The highest BCUT2D eigenvalue weighted by atomic mass is 32.1. The van der Waals surface area contributed by atoms with Gasteiger partial charge in [-0.2, -0.15) is 0 Å². The normalized spacial score (nSPS) is 18.4. The Hall–Kier alpha value is -1.62. The van der Waals surface area contributed by atoms with Gasteiger partial charge in [-0.05, 0) is 38.8 Å². The summed E-state index contributed by atoms with van der Waals surface area (Å²) in [7, 11) is 2.01. The van der Waals surface area contributed by atoms with Crippen molar-refractivity contribution < 1.29 is 4.79 Å². The van der Waals surface area contributed by atoms with Gasteiger partial charge in [0.05, 0.1) is 18.2 Å². The molecular formula is C16H21N3OS. The molecule has 0 N–H and O–H groups in total. The highest BCUT2D eigenvalue weighted by molar-refractivity contribution is 7.12. The Morgan fingerprint density at radius 3 is 2.86 bits per heavy atom. The molecule has 0 saturated carbocycles.